The summed E-state index contributed by atoms with van der Waals surface area (Å²) in [7, 11) is 0. The van der Waals surface area contributed by atoms with Crippen LogP contribution >= 0.6 is 0 Å². The lowest BCUT2D eigenvalue weighted by molar-refractivity contribution is 0.317. The van der Waals surface area contributed by atoms with Crippen LogP contribution in [0.25, 0.3) is 0 Å². The molecule has 0 aliphatic carbocycles. The number of hydrogen-bond acceptors (Lipinski definition) is 4. The lowest BCUT2D eigenvalue weighted by Gasteiger charge is -2.09. The van der Waals surface area contributed by atoms with E-state index in [1.54, 1.807) is 18.2 Å². The van der Waals surface area contributed by atoms with Crippen LogP contribution in [0.2, 0.25) is 0 Å². The zero-order chi connectivity index (χ0) is 15.5. The first-order chi connectivity index (χ1) is 10.2. The SMILES string of the molecule is CCCCCCCCC(=NO)c1ccc(OCC)cc1O. The molecule has 4 nitrogen and oxygen atoms in total. The summed E-state index contributed by atoms with van der Waals surface area (Å²) in [5.41, 5.74) is 1.11. The Kier molecular flexibility index (Phi) is 8.32. The number of phenols is 1. The smallest absolute Gasteiger partial charge is 0.128 e. The summed E-state index contributed by atoms with van der Waals surface area (Å²) in [6, 6.07) is 5.09. The lowest BCUT2D eigenvalue weighted by atomic mass is 10.0. The molecule has 21 heavy (non-hydrogen) atoms. The van der Waals surface area contributed by atoms with E-state index in [1.807, 2.05) is 6.92 Å². The fraction of sp³-hybridized carbons (Fsp3) is 0.588. The Bertz CT molecular complexity index is 444. The molecule has 1 rings (SSSR count). The van der Waals surface area contributed by atoms with E-state index in [2.05, 4.69) is 12.1 Å². The van der Waals surface area contributed by atoms with E-state index in [0.717, 1.165) is 12.8 Å². The van der Waals surface area contributed by atoms with Crippen LogP contribution in [0.15, 0.2) is 23.4 Å². The fourth-order valence-electron chi connectivity index (χ4n) is 2.32. The Morgan fingerprint density at radius 2 is 1.81 bits per heavy atom. The Balaban J connectivity index is 2.52. The van der Waals surface area contributed by atoms with E-state index in [9.17, 15) is 5.11 Å². The minimum atomic E-state index is 0.0970. The second-order valence-corrected chi connectivity index (χ2v) is 5.18. The molecule has 0 aliphatic rings. The molecule has 0 fully saturated rings. The van der Waals surface area contributed by atoms with Crippen molar-refractivity contribution in [2.75, 3.05) is 6.61 Å². The van der Waals surface area contributed by atoms with Crippen LogP contribution in [0.4, 0.5) is 0 Å². The highest BCUT2D eigenvalue weighted by Crippen LogP contribution is 2.26. The molecule has 0 saturated heterocycles. The molecule has 0 unspecified atom stereocenters. The fourth-order valence-corrected chi connectivity index (χ4v) is 2.32. The van der Waals surface area contributed by atoms with Crippen LogP contribution in [0.1, 0.15) is 64.4 Å². The maximum absolute atomic E-state index is 10.0. The molecule has 4 heteroatoms. The van der Waals surface area contributed by atoms with Crippen molar-refractivity contribution in [1.29, 1.82) is 0 Å². The molecule has 0 atom stereocenters. The summed E-state index contributed by atoms with van der Waals surface area (Å²) in [6.45, 7) is 4.65. The number of aromatic hydroxyl groups is 1. The number of ether oxygens (including phenoxy) is 1. The van der Waals surface area contributed by atoms with Crippen LogP contribution < -0.4 is 4.74 Å². The van der Waals surface area contributed by atoms with Crippen LogP contribution in [-0.4, -0.2) is 22.6 Å². The number of benzene rings is 1. The maximum atomic E-state index is 10.0. The highest BCUT2D eigenvalue weighted by atomic mass is 16.5. The van der Waals surface area contributed by atoms with Crippen molar-refractivity contribution >= 4 is 5.71 Å². The molecule has 0 saturated carbocycles. The van der Waals surface area contributed by atoms with Crippen LogP contribution in [0.5, 0.6) is 11.5 Å². The van der Waals surface area contributed by atoms with Crippen molar-refractivity contribution in [3.8, 4) is 11.5 Å². The first-order valence-electron chi connectivity index (χ1n) is 7.90. The largest absolute Gasteiger partial charge is 0.507 e. The van der Waals surface area contributed by atoms with Gasteiger partial charge in [0.25, 0.3) is 0 Å². The number of oxime groups is 1. The van der Waals surface area contributed by atoms with Crippen molar-refractivity contribution in [3.05, 3.63) is 23.8 Å². The Labute approximate surface area is 127 Å². The van der Waals surface area contributed by atoms with Crippen molar-refractivity contribution in [2.45, 2.75) is 58.8 Å². The van der Waals surface area contributed by atoms with Gasteiger partial charge in [-0.15, -0.1) is 0 Å². The molecule has 0 aromatic heterocycles. The van der Waals surface area contributed by atoms with Gasteiger partial charge in [-0.3, -0.25) is 0 Å². The molecule has 0 amide bonds. The molecule has 0 bridgehead atoms. The topological polar surface area (TPSA) is 62.1 Å². The average Bonchev–Trinajstić information content (AvgIpc) is 2.48. The quantitative estimate of drug-likeness (QED) is 0.284. The predicted molar refractivity (Wildman–Crippen MR) is 85.6 cm³/mol. The number of hydrogen-bond donors (Lipinski definition) is 2. The first kappa shape index (κ1) is 17.3. The van der Waals surface area contributed by atoms with Gasteiger partial charge in [0.15, 0.2) is 0 Å². The van der Waals surface area contributed by atoms with Gasteiger partial charge >= 0.3 is 0 Å². The van der Waals surface area contributed by atoms with E-state index < -0.39 is 0 Å². The minimum Gasteiger partial charge on any atom is -0.507 e. The van der Waals surface area contributed by atoms with Crippen LogP contribution in [-0.2, 0) is 0 Å². The number of rotatable bonds is 10. The summed E-state index contributed by atoms with van der Waals surface area (Å²) >= 11 is 0. The summed E-state index contributed by atoms with van der Waals surface area (Å²) in [6.07, 6.45) is 7.75. The third-order valence-corrected chi connectivity index (χ3v) is 3.48. The lowest BCUT2D eigenvalue weighted by Crippen LogP contribution is -2.02. The summed E-state index contributed by atoms with van der Waals surface area (Å²) < 4.78 is 5.33. The standard InChI is InChI=1S/C17H27NO3/c1-3-5-6-7-8-9-10-16(18-20)15-12-11-14(21-4-2)13-17(15)19/h11-13,19-20H,3-10H2,1-2H3. The second kappa shape index (κ2) is 10.1. The Morgan fingerprint density at radius 1 is 1.10 bits per heavy atom. The zero-order valence-corrected chi connectivity index (χ0v) is 13.1. The predicted octanol–water partition coefficient (Wildman–Crippen LogP) is 4.72. The summed E-state index contributed by atoms with van der Waals surface area (Å²) in [5.74, 6) is 0.718. The number of phenolic OH excluding ortho intramolecular Hbond substituents is 1. The van der Waals surface area contributed by atoms with E-state index in [-0.39, 0.29) is 5.75 Å². The van der Waals surface area contributed by atoms with Crippen molar-refractivity contribution in [1.82, 2.24) is 0 Å². The zero-order valence-electron chi connectivity index (χ0n) is 13.1. The number of nitrogens with zero attached hydrogens (tertiary/aromatic N) is 1. The monoisotopic (exact) mass is 293 g/mol. The maximum Gasteiger partial charge on any atom is 0.128 e. The normalized spacial score (nSPS) is 11.6. The molecular weight excluding hydrogens is 266 g/mol. The van der Waals surface area contributed by atoms with Gasteiger partial charge in [-0.1, -0.05) is 44.2 Å². The minimum absolute atomic E-state index is 0.0970. The third kappa shape index (κ3) is 6.06. The Hall–Kier alpha value is -1.71. The van der Waals surface area contributed by atoms with Crippen molar-refractivity contribution < 1.29 is 15.1 Å². The van der Waals surface area contributed by atoms with Crippen LogP contribution in [0, 0.1) is 0 Å². The molecule has 0 heterocycles. The molecule has 1 aromatic rings. The molecule has 1 aromatic carbocycles. The Morgan fingerprint density at radius 3 is 2.43 bits per heavy atom. The molecule has 0 spiro atoms. The molecule has 2 N–H and O–H groups in total. The van der Waals surface area contributed by atoms with Crippen molar-refractivity contribution in [3.63, 3.8) is 0 Å². The first-order valence-corrected chi connectivity index (χ1v) is 7.90. The van der Waals surface area contributed by atoms with E-state index in [1.165, 1.54) is 25.7 Å². The van der Waals surface area contributed by atoms with Crippen molar-refractivity contribution in [2.24, 2.45) is 5.16 Å². The van der Waals surface area contributed by atoms with E-state index in [4.69, 9.17) is 9.94 Å². The van der Waals surface area contributed by atoms with Gasteiger partial charge in [0.1, 0.15) is 11.5 Å². The van der Waals surface area contributed by atoms with Gasteiger partial charge < -0.3 is 15.1 Å². The van der Waals surface area contributed by atoms with Crippen LogP contribution in [0.3, 0.4) is 0 Å². The average molecular weight is 293 g/mol. The summed E-state index contributed by atoms with van der Waals surface area (Å²) in [5, 5.41) is 22.5. The van der Waals surface area contributed by atoms with Gasteiger partial charge in [-0.2, -0.15) is 0 Å². The van der Waals surface area contributed by atoms with Gasteiger partial charge in [-0.25, -0.2) is 0 Å². The number of unbranched alkanes of at least 4 members (excludes halogenated alkanes) is 5. The van der Waals surface area contributed by atoms with Gasteiger partial charge in [0.05, 0.1) is 12.3 Å². The highest BCUT2D eigenvalue weighted by Gasteiger charge is 2.11. The third-order valence-electron chi connectivity index (χ3n) is 3.48. The van der Waals surface area contributed by atoms with Gasteiger partial charge in [-0.05, 0) is 31.9 Å². The van der Waals surface area contributed by atoms with Gasteiger partial charge in [0.2, 0.25) is 0 Å². The van der Waals surface area contributed by atoms with Gasteiger partial charge in [0, 0.05) is 11.6 Å². The summed E-state index contributed by atoms with van der Waals surface area (Å²) in [4.78, 5) is 0. The molecular formula is C17H27NO3. The van der Waals surface area contributed by atoms with E-state index >= 15 is 0 Å². The molecule has 0 aliphatic heterocycles. The molecule has 118 valence electrons. The second-order valence-electron chi connectivity index (χ2n) is 5.18. The molecule has 0 radical (unpaired) electrons. The van der Waals surface area contributed by atoms with E-state index in [0.29, 0.717) is 30.1 Å². The highest BCUT2D eigenvalue weighted by molar-refractivity contribution is 6.02.